The topological polar surface area (TPSA) is 98.0 Å². The zero-order valence-corrected chi connectivity index (χ0v) is 15.7. The third kappa shape index (κ3) is 4.09. The van der Waals surface area contributed by atoms with E-state index in [1.54, 1.807) is 36.7 Å². The fourth-order valence-electron chi connectivity index (χ4n) is 2.32. The van der Waals surface area contributed by atoms with Crippen LogP contribution in [0.1, 0.15) is 25.8 Å². The molecule has 1 N–H and O–H groups in total. The molecule has 1 atom stereocenters. The van der Waals surface area contributed by atoms with Gasteiger partial charge in [-0.15, -0.1) is 0 Å². The van der Waals surface area contributed by atoms with Gasteiger partial charge in [-0.3, -0.25) is 4.98 Å². The van der Waals surface area contributed by atoms with Gasteiger partial charge in [0.05, 0.1) is 4.90 Å². The van der Waals surface area contributed by atoms with Gasteiger partial charge in [0.25, 0.3) is 0 Å². The van der Waals surface area contributed by atoms with E-state index in [4.69, 9.17) is 16.1 Å². The lowest BCUT2D eigenvalue weighted by molar-refractivity contribution is 0.311. The highest BCUT2D eigenvalue weighted by atomic mass is 35.5. The highest BCUT2D eigenvalue weighted by molar-refractivity contribution is 7.89. The molecule has 26 heavy (non-hydrogen) atoms. The predicted molar refractivity (Wildman–Crippen MR) is 96.9 cm³/mol. The van der Waals surface area contributed by atoms with Gasteiger partial charge in [0.1, 0.15) is 6.04 Å². The molecule has 2 heterocycles. The summed E-state index contributed by atoms with van der Waals surface area (Å²) in [6.45, 7) is 3.73. The molecule has 0 aliphatic carbocycles. The summed E-state index contributed by atoms with van der Waals surface area (Å²) in [6.07, 6.45) is 3.24. The number of sulfonamides is 1. The van der Waals surface area contributed by atoms with Crippen LogP contribution in [-0.4, -0.2) is 23.5 Å². The minimum absolute atomic E-state index is 0.0736. The molecule has 0 amide bonds. The lowest BCUT2D eigenvalue weighted by atomic mass is 10.1. The molecule has 9 heteroatoms. The SMILES string of the molecule is CC(C)C(NS(=O)(=O)c1cccc(Cl)c1)c1nc(-c2ccncc2)no1. The molecule has 2 aromatic heterocycles. The molecular formula is C17H17ClN4O3S. The van der Waals surface area contributed by atoms with Crippen molar-refractivity contribution in [3.8, 4) is 11.4 Å². The Morgan fingerprint density at radius 3 is 2.54 bits per heavy atom. The first-order chi connectivity index (χ1) is 12.4. The molecule has 1 unspecified atom stereocenters. The molecule has 0 saturated carbocycles. The van der Waals surface area contributed by atoms with Crippen LogP contribution < -0.4 is 4.72 Å². The van der Waals surface area contributed by atoms with Gasteiger partial charge in [0.15, 0.2) is 0 Å². The van der Waals surface area contributed by atoms with Crippen molar-refractivity contribution in [2.75, 3.05) is 0 Å². The number of nitrogens with zero attached hydrogens (tertiary/aromatic N) is 3. The van der Waals surface area contributed by atoms with Crippen molar-refractivity contribution in [2.24, 2.45) is 5.92 Å². The highest BCUT2D eigenvalue weighted by Crippen LogP contribution is 2.26. The molecule has 0 radical (unpaired) electrons. The van der Waals surface area contributed by atoms with Crippen molar-refractivity contribution < 1.29 is 12.9 Å². The quantitative estimate of drug-likeness (QED) is 0.689. The minimum atomic E-state index is -3.80. The van der Waals surface area contributed by atoms with Crippen molar-refractivity contribution in [1.29, 1.82) is 0 Å². The van der Waals surface area contributed by atoms with Gasteiger partial charge in [0.2, 0.25) is 21.7 Å². The first-order valence-electron chi connectivity index (χ1n) is 7.89. The summed E-state index contributed by atoms with van der Waals surface area (Å²) in [5, 5.41) is 4.28. The summed E-state index contributed by atoms with van der Waals surface area (Å²) in [4.78, 5) is 8.35. The third-order valence-corrected chi connectivity index (χ3v) is 5.38. The number of nitrogens with one attached hydrogen (secondary N) is 1. The molecule has 136 valence electrons. The largest absolute Gasteiger partial charge is 0.337 e. The molecule has 3 aromatic rings. The molecule has 0 aliphatic rings. The van der Waals surface area contributed by atoms with E-state index in [0.29, 0.717) is 10.8 Å². The fraction of sp³-hybridized carbons (Fsp3) is 0.235. The van der Waals surface area contributed by atoms with Gasteiger partial charge in [0, 0.05) is 23.0 Å². The maximum absolute atomic E-state index is 12.7. The Morgan fingerprint density at radius 1 is 1.15 bits per heavy atom. The summed E-state index contributed by atoms with van der Waals surface area (Å²) >= 11 is 5.90. The van der Waals surface area contributed by atoms with E-state index in [0.717, 1.165) is 5.56 Å². The van der Waals surface area contributed by atoms with Crippen molar-refractivity contribution in [2.45, 2.75) is 24.8 Å². The second kappa shape index (κ2) is 7.53. The Hall–Kier alpha value is -2.29. The summed E-state index contributed by atoms with van der Waals surface area (Å²) < 4.78 is 33.3. The second-order valence-electron chi connectivity index (χ2n) is 5.99. The van der Waals surface area contributed by atoms with Crippen LogP contribution >= 0.6 is 11.6 Å². The summed E-state index contributed by atoms with van der Waals surface area (Å²) in [7, 11) is -3.80. The standard InChI is InChI=1S/C17H17ClN4O3S/c1-11(2)15(22-26(23,24)14-5-3-4-13(18)10-14)17-20-16(21-25-17)12-6-8-19-9-7-12/h3-11,15,22H,1-2H3. The molecule has 0 bridgehead atoms. The van der Waals surface area contributed by atoms with Crippen molar-refractivity contribution in [3.05, 3.63) is 59.7 Å². The maximum Gasteiger partial charge on any atom is 0.245 e. The molecule has 1 aromatic carbocycles. The Balaban J connectivity index is 1.90. The monoisotopic (exact) mass is 392 g/mol. The van der Waals surface area contributed by atoms with Gasteiger partial charge in [-0.2, -0.15) is 9.71 Å². The average Bonchev–Trinajstić information content (AvgIpc) is 3.10. The van der Waals surface area contributed by atoms with Gasteiger partial charge >= 0.3 is 0 Å². The summed E-state index contributed by atoms with van der Waals surface area (Å²) in [5.74, 6) is 0.446. The molecule has 0 spiro atoms. The van der Waals surface area contributed by atoms with Crippen molar-refractivity contribution in [1.82, 2.24) is 19.8 Å². The fourth-order valence-corrected chi connectivity index (χ4v) is 3.96. The lowest BCUT2D eigenvalue weighted by Crippen LogP contribution is -2.32. The van der Waals surface area contributed by atoms with E-state index >= 15 is 0 Å². The summed E-state index contributed by atoms with van der Waals surface area (Å²) in [6, 6.07) is 8.86. The zero-order valence-electron chi connectivity index (χ0n) is 14.1. The number of aromatic nitrogens is 3. The smallest absolute Gasteiger partial charge is 0.245 e. The number of halogens is 1. The summed E-state index contributed by atoms with van der Waals surface area (Å²) in [5.41, 5.74) is 0.732. The predicted octanol–water partition coefficient (Wildman–Crippen LogP) is 3.46. The zero-order chi connectivity index (χ0) is 18.7. The number of pyridine rings is 1. The van der Waals surface area contributed by atoms with E-state index in [1.807, 2.05) is 13.8 Å². The van der Waals surface area contributed by atoms with Crippen LogP contribution in [0, 0.1) is 5.92 Å². The number of rotatable bonds is 6. The van der Waals surface area contributed by atoms with Crippen LogP contribution in [0.3, 0.4) is 0 Å². The Bertz CT molecular complexity index is 990. The van der Waals surface area contributed by atoms with E-state index in [-0.39, 0.29) is 16.7 Å². The number of hydrogen-bond acceptors (Lipinski definition) is 6. The first kappa shape index (κ1) is 18.5. The molecule has 3 rings (SSSR count). The van der Waals surface area contributed by atoms with Gasteiger partial charge in [-0.25, -0.2) is 8.42 Å². The molecule has 7 nitrogen and oxygen atoms in total. The third-order valence-electron chi connectivity index (χ3n) is 3.70. The average molecular weight is 393 g/mol. The van der Waals surface area contributed by atoms with Gasteiger partial charge in [-0.1, -0.05) is 36.7 Å². The van der Waals surface area contributed by atoms with Crippen molar-refractivity contribution in [3.63, 3.8) is 0 Å². The first-order valence-corrected chi connectivity index (χ1v) is 9.75. The van der Waals surface area contributed by atoms with E-state index in [2.05, 4.69) is 19.8 Å². The van der Waals surface area contributed by atoms with Crippen LogP contribution in [0.4, 0.5) is 0 Å². The van der Waals surface area contributed by atoms with Crippen LogP contribution in [0.5, 0.6) is 0 Å². The van der Waals surface area contributed by atoms with Crippen LogP contribution in [0.15, 0.2) is 58.2 Å². The minimum Gasteiger partial charge on any atom is -0.337 e. The van der Waals surface area contributed by atoms with Crippen molar-refractivity contribution >= 4 is 21.6 Å². The van der Waals surface area contributed by atoms with E-state index in [9.17, 15) is 8.42 Å². The maximum atomic E-state index is 12.7. The normalized spacial score (nSPS) is 13.1. The van der Waals surface area contributed by atoms with Crippen LogP contribution in [-0.2, 0) is 10.0 Å². The van der Waals surface area contributed by atoms with Crippen LogP contribution in [0.2, 0.25) is 5.02 Å². The molecule has 0 saturated heterocycles. The molecular weight excluding hydrogens is 376 g/mol. The van der Waals surface area contributed by atoms with E-state index in [1.165, 1.54) is 12.1 Å². The Labute approximate surface area is 156 Å². The Kier molecular flexibility index (Phi) is 5.36. The lowest BCUT2D eigenvalue weighted by Gasteiger charge is -2.18. The van der Waals surface area contributed by atoms with Crippen LogP contribution in [0.25, 0.3) is 11.4 Å². The second-order valence-corrected chi connectivity index (χ2v) is 8.14. The van der Waals surface area contributed by atoms with Gasteiger partial charge < -0.3 is 4.52 Å². The Morgan fingerprint density at radius 2 is 1.88 bits per heavy atom. The van der Waals surface area contributed by atoms with E-state index < -0.39 is 16.1 Å². The number of benzene rings is 1. The molecule has 0 fully saturated rings. The number of hydrogen-bond donors (Lipinski definition) is 1. The highest BCUT2D eigenvalue weighted by Gasteiger charge is 2.28. The van der Waals surface area contributed by atoms with Gasteiger partial charge in [-0.05, 0) is 36.2 Å². The molecule has 0 aliphatic heterocycles.